The lowest BCUT2D eigenvalue weighted by Crippen LogP contribution is -2.41. The molecule has 0 spiro atoms. The van der Waals surface area contributed by atoms with Gasteiger partial charge >= 0.3 is 0 Å². The summed E-state index contributed by atoms with van der Waals surface area (Å²) in [5, 5.41) is 3.23. The summed E-state index contributed by atoms with van der Waals surface area (Å²) in [6.45, 7) is 4.23. The molecule has 2 rings (SSSR count). The summed E-state index contributed by atoms with van der Waals surface area (Å²) in [4.78, 5) is 14.1. The molecule has 1 aliphatic rings. The molecule has 1 atom stereocenters. The second-order valence-electron chi connectivity index (χ2n) is 5.67. The molecule has 8 heteroatoms. The van der Waals surface area contributed by atoms with Gasteiger partial charge < -0.3 is 10.1 Å². The van der Waals surface area contributed by atoms with E-state index in [2.05, 4.69) is 11.9 Å². The van der Waals surface area contributed by atoms with Gasteiger partial charge in [-0.1, -0.05) is 17.7 Å². The summed E-state index contributed by atoms with van der Waals surface area (Å²) in [7, 11) is -1.51. The van der Waals surface area contributed by atoms with Gasteiger partial charge in [-0.3, -0.25) is 9.69 Å². The first-order valence-corrected chi connectivity index (χ1v) is 9.73. The van der Waals surface area contributed by atoms with Crippen LogP contribution in [0.2, 0.25) is 5.02 Å². The highest BCUT2D eigenvalue weighted by Crippen LogP contribution is 2.27. The molecule has 0 aliphatic carbocycles. The zero-order valence-corrected chi connectivity index (χ0v) is 15.1. The zero-order valence-electron chi connectivity index (χ0n) is 13.5. The van der Waals surface area contributed by atoms with Gasteiger partial charge in [-0.15, -0.1) is 6.58 Å². The fraction of sp³-hybridized carbons (Fsp3) is 0.438. The molecule has 0 bridgehead atoms. The van der Waals surface area contributed by atoms with Gasteiger partial charge in [0.2, 0.25) is 5.91 Å². The molecule has 1 aliphatic heterocycles. The molecule has 0 saturated carbocycles. The van der Waals surface area contributed by atoms with Crippen LogP contribution in [0.3, 0.4) is 0 Å². The average Bonchev–Trinajstić information content (AvgIpc) is 2.89. The Hall–Kier alpha value is -1.57. The highest BCUT2D eigenvalue weighted by atomic mass is 35.5. The summed E-state index contributed by atoms with van der Waals surface area (Å²) in [6, 6.07) is 4.80. The first kappa shape index (κ1) is 18.8. The van der Waals surface area contributed by atoms with Gasteiger partial charge in [-0.25, -0.2) is 8.42 Å². The maximum atomic E-state index is 12.3. The Morgan fingerprint density at radius 2 is 2.29 bits per heavy atom. The Balaban J connectivity index is 2.02. The fourth-order valence-corrected chi connectivity index (χ4v) is 4.65. The third kappa shape index (κ3) is 4.96. The van der Waals surface area contributed by atoms with E-state index in [1.807, 2.05) is 4.90 Å². The van der Waals surface area contributed by atoms with Crippen molar-refractivity contribution in [3.63, 3.8) is 0 Å². The number of carbonyl (C=O) groups is 1. The van der Waals surface area contributed by atoms with Crippen LogP contribution >= 0.6 is 11.6 Å². The van der Waals surface area contributed by atoms with Crippen molar-refractivity contribution in [2.75, 3.05) is 37.0 Å². The maximum absolute atomic E-state index is 12.3. The van der Waals surface area contributed by atoms with E-state index in [1.54, 1.807) is 24.3 Å². The normalized spacial score (nSPS) is 19.2. The first-order chi connectivity index (χ1) is 11.3. The zero-order chi connectivity index (χ0) is 17.7. The van der Waals surface area contributed by atoms with Crippen molar-refractivity contribution < 1.29 is 17.9 Å². The Kier molecular flexibility index (Phi) is 6.26. The topological polar surface area (TPSA) is 75.7 Å². The van der Waals surface area contributed by atoms with E-state index < -0.39 is 9.84 Å². The van der Waals surface area contributed by atoms with Gasteiger partial charge in [0.1, 0.15) is 5.75 Å². The predicted octanol–water partition coefficient (Wildman–Crippen LogP) is 1.96. The van der Waals surface area contributed by atoms with Crippen molar-refractivity contribution >= 4 is 33.0 Å². The Morgan fingerprint density at radius 1 is 1.54 bits per heavy atom. The van der Waals surface area contributed by atoms with E-state index in [0.29, 0.717) is 29.4 Å². The number of nitrogens with one attached hydrogen (secondary N) is 1. The van der Waals surface area contributed by atoms with Crippen LogP contribution in [-0.2, 0) is 14.6 Å². The van der Waals surface area contributed by atoms with E-state index in [1.165, 1.54) is 7.11 Å². The third-order valence-electron chi connectivity index (χ3n) is 3.87. The number of anilines is 1. The van der Waals surface area contributed by atoms with E-state index in [9.17, 15) is 13.2 Å². The molecule has 0 radical (unpaired) electrons. The number of sulfone groups is 1. The van der Waals surface area contributed by atoms with E-state index in [4.69, 9.17) is 16.3 Å². The number of methoxy groups -OCH3 is 1. The Bertz CT molecular complexity index is 721. The molecule has 0 aromatic heterocycles. The van der Waals surface area contributed by atoms with Gasteiger partial charge in [0.05, 0.1) is 30.2 Å². The number of ether oxygens (including phenoxy) is 1. The Morgan fingerprint density at radius 3 is 2.88 bits per heavy atom. The summed E-state index contributed by atoms with van der Waals surface area (Å²) in [5.41, 5.74) is 0.568. The van der Waals surface area contributed by atoms with Crippen LogP contribution in [-0.4, -0.2) is 57.0 Å². The average molecular weight is 373 g/mol. The highest BCUT2D eigenvalue weighted by Gasteiger charge is 2.32. The molecular formula is C16H21ClN2O4S. The van der Waals surface area contributed by atoms with Gasteiger partial charge in [0.15, 0.2) is 9.84 Å². The summed E-state index contributed by atoms with van der Waals surface area (Å²) in [6.07, 6.45) is 2.21. The van der Waals surface area contributed by atoms with Crippen molar-refractivity contribution in [2.24, 2.45) is 0 Å². The lowest BCUT2D eigenvalue weighted by Gasteiger charge is -2.26. The standard InChI is InChI=1S/C16H21ClN2O4S/c1-3-7-19(13-6-8-24(21,22)11-13)10-16(20)18-12-4-5-14(17)15(9-12)23-2/h3-5,9,13H,1,6-8,10-11H2,2H3,(H,18,20)/t13-/m1/s1. The third-order valence-corrected chi connectivity index (χ3v) is 5.93. The second kappa shape index (κ2) is 8.00. The van der Waals surface area contributed by atoms with Crippen LogP contribution in [0.1, 0.15) is 6.42 Å². The van der Waals surface area contributed by atoms with Crippen LogP contribution in [0.4, 0.5) is 5.69 Å². The van der Waals surface area contributed by atoms with Crippen molar-refractivity contribution in [2.45, 2.75) is 12.5 Å². The predicted molar refractivity (Wildman–Crippen MR) is 95.5 cm³/mol. The number of carbonyl (C=O) groups excluding carboxylic acids is 1. The monoisotopic (exact) mass is 372 g/mol. The number of nitrogens with zero attached hydrogens (tertiary/aromatic N) is 1. The van der Waals surface area contributed by atoms with Crippen molar-refractivity contribution in [1.29, 1.82) is 0 Å². The first-order valence-electron chi connectivity index (χ1n) is 7.53. The molecule has 6 nitrogen and oxygen atoms in total. The van der Waals surface area contributed by atoms with Crippen molar-refractivity contribution in [3.05, 3.63) is 35.9 Å². The number of benzene rings is 1. The number of rotatable bonds is 7. The van der Waals surface area contributed by atoms with E-state index >= 15 is 0 Å². The molecule has 1 N–H and O–H groups in total. The number of hydrogen-bond acceptors (Lipinski definition) is 5. The minimum Gasteiger partial charge on any atom is -0.495 e. The lowest BCUT2D eigenvalue weighted by atomic mass is 10.2. The SMILES string of the molecule is C=CCN(CC(=O)Nc1ccc(Cl)c(OC)c1)[C@@H]1CCS(=O)(=O)C1. The summed E-state index contributed by atoms with van der Waals surface area (Å²) in [5.74, 6) is 0.495. The van der Waals surface area contributed by atoms with Crippen molar-refractivity contribution in [3.8, 4) is 5.75 Å². The molecule has 24 heavy (non-hydrogen) atoms. The molecule has 1 aromatic rings. The Labute approximate surface area is 147 Å². The van der Waals surface area contributed by atoms with Gasteiger partial charge in [0, 0.05) is 24.3 Å². The van der Waals surface area contributed by atoms with Gasteiger partial charge in [0.25, 0.3) is 0 Å². The summed E-state index contributed by atoms with van der Waals surface area (Å²) >= 11 is 5.96. The quantitative estimate of drug-likeness (QED) is 0.740. The molecule has 1 fully saturated rings. The van der Waals surface area contributed by atoms with Crippen molar-refractivity contribution in [1.82, 2.24) is 4.90 Å². The van der Waals surface area contributed by atoms with Crippen LogP contribution in [0.25, 0.3) is 0 Å². The van der Waals surface area contributed by atoms with Gasteiger partial charge in [-0.2, -0.15) is 0 Å². The van der Waals surface area contributed by atoms with Crippen LogP contribution in [0.5, 0.6) is 5.75 Å². The minimum atomic E-state index is -3.01. The molecular weight excluding hydrogens is 352 g/mol. The fourth-order valence-electron chi connectivity index (χ4n) is 2.69. The highest BCUT2D eigenvalue weighted by molar-refractivity contribution is 7.91. The lowest BCUT2D eigenvalue weighted by molar-refractivity contribution is -0.117. The second-order valence-corrected chi connectivity index (χ2v) is 8.31. The molecule has 1 aromatic carbocycles. The smallest absolute Gasteiger partial charge is 0.238 e. The largest absolute Gasteiger partial charge is 0.495 e. The molecule has 0 unspecified atom stereocenters. The van der Waals surface area contributed by atoms with Crippen LogP contribution < -0.4 is 10.1 Å². The minimum absolute atomic E-state index is 0.0862. The maximum Gasteiger partial charge on any atom is 0.238 e. The number of hydrogen-bond donors (Lipinski definition) is 1. The van der Waals surface area contributed by atoms with Crippen LogP contribution in [0.15, 0.2) is 30.9 Å². The van der Waals surface area contributed by atoms with E-state index in [-0.39, 0.29) is 30.0 Å². The molecule has 1 heterocycles. The van der Waals surface area contributed by atoms with E-state index in [0.717, 1.165) is 0 Å². The number of halogens is 1. The summed E-state index contributed by atoms with van der Waals surface area (Å²) < 4.78 is 28.4. The molecule has 132 valence electrons. The molecule has 1 amide bonds. The van der Waals surface area contributed by atoms with Crippen LogP contribution in [0, 0.1) is 0 Å². The molecule has 1 saturated heterocycles. The number of amides is 1. The van der Waals surface area contributed by atoms with Gasteiger partial charge in [-0.05, 0) is 18.6 Å².